The molecular weight excluding hydrogens is 1270 g/mol. The molecule has 0 atom stereocenters. The van der Waals surface area contributed by atoms with E-state index in [2.05, 4.69) is 4.90 Å². The number of carbonyl (C=O) groups is 4. The molecule has 4 amide bonds. The molecule has 7 aromatic rings. The molecule has 2 aliphatic heterocycles. The van der Waals surface area contributed by atoms with Gasteiger partial charge in [-0.3, -0.25) is 33.9 Å². The Kier molecular flexibility index (Phi) is 23.9. The zero-order chi connectivity index (χ0) is 67.2. The van der Waals surface area contributed by atoms with Crippen molar-refractivity contribution in [1.82, 2.24) is 31.9 Å². The molecule has 23 heteroatoms. The number of benzene rings is 7. The number of rotatable bonds is 36. The lowest BCUT2D eigenvalue weighted by molar-refractivity contribution is 0.0635. The van der Waals surface area contributed by atoms with Crippen LogP contribution < -0.4 is 0 Å². The number of amides is 4. The molecule has 0 fully saturated rings. The van der Waals surface area contributed by atoms with E-state index in [0.717, 1.165) is 27.8 Å². The van der Waals surface area contributed by atoms with E-state index in [1.54, 1.807) is 146 Å². The predicted octanol–water partition coefficient (Wildman–Crippen LogP) is 10.2. The number of fused-ring (bicyclic) bond motifs is 2. The third-order valence-corrected chi connectivity index (χ3v) is 24.8. The number of sulfonamides is 4. The van der Waals surface area contributed by atoms with Crippen molar-refractivity contribution >= 4 is 63.7 Å². The molecule has 0 bridgehead atoms. The third-order valence-electron chi connectivity index (χ3n) is 17.1. The summed E-state index contributed by atoms with van der Waals surface area (Å²) in [5, 5.41) is 0. The highest BCUT2D eigenvalue weighted by Crippen LogP contribution is 2.28. The quantitative estimate of drug-likeness (QED) is 0.0263. The number of aryl methyl sites for hydroxylation is 4. The number of unbranched alkanes of at least 4 members (excludes halogenated alkanes) is 2. The molecule has 9 rings (SSSR count). The molecule has 94 heavy (non-hydrogen) atoms. The number of hydrogen-bond acceptors (Lipinski definition) is 13. The number of hydrogen-bond donors (Lipinski definition) is 0. The second-order valence-electron chi connectivity index (χ2n) is 24.1. The Morgan fingerprint density at radius 3 is 0.777 bits per heavy atom. The van der Waals surface area contributed by atoms with Gasteiger partial charge in [-0.25, -0.2) is 33.7 Å². The van der Waals surface area contributed by atoms with Gasteiger partial charge in [-0.15, -0.1) is 0 Å². The van der Waals surface area contributed by atoms with E-state index in [1.165, 1.54) is 27.0 Å². The Labute approximate surface area is 554 Å². The molecule has 498 valence electrons. The minimum Gasteiger partial charge on any atom is -0.299 e. The van der Waals surface area contributed by atoms with Crippen molar-refractivity contribution in [1.29, 1.82) is 0 Å². The van der Waals surface area contributed by atoms with E-state index in [4.69, 9.17) is 0 Å². The number of nitrogens with zero attached hydrogens (tertiary/aromatic N) is 7. The Balaban J connectivity index is 0.888. The van der Waals surface area contributed by atoms with Crippen LogP contribution in [0.1, 0.15) is 121 Å². The van der Waals surface area contributed by atoms with Crippen molar-refractivity contribution < 1.29 is 52.8 Å². The van der Waals surface area contributed by atoms with Gasteiger partial charge in [-0.2, -0.15) is 17.2 Å². The summed E-state index contributed by atoms with van der Waals surface area (Å²) in [6.45, 7) is 8.93. The summed E-state index contributed by atoms with van der Waals surface area (Å²) in [4.78, 5) is 57.5. The van der Waals surface area contributed by atoms with E-state index in [-0.39, 0.29) is 97.9 Å². The van der Waals surface area contributed by atoms with E-state index < -0.39 is 63.7 Å². The third kappa shape index (κ3) is 17.3. The van der Waals surface area contributed by atoms with Gasteiger partial charge in [-0.1, -0.05) is 125 Å². The summed E-state index contributed by atoms with van der Waals surface area (Å²) >= 11 is 0. The normalized spacial score (nSPS) is 13.8. The van der Waals surface area contributed by atoms with E-state index in [0.29, 0.717) is 80.4 Å². The highest BCUT2D eigenvalue weighted by Gasteiger charge is 2.37. The maximum Gasteiger partial charge on any atom is 0.261 e. The molecule has 0 aliphatic carbocycles. The maximum absolute atomic E-state index is 14.7. The van der Waals surface area contributed by atoms with Crippen LogP contribution in [0, 0.1) is 27.7 Å². The fourth-order valence-corrected chi connectivity index (χ4v) is 17.8. The van der Waals surface area contributed by atoms with Crippen LogP contribution in [0.15, 0.2) is 196 Å². The van der Waals surface area contributed by atoms with Crippen molar-refractivity contribution in [3.05, 3.63) is 226 Å². The fraction of sp³-hybridized carbons (Fsp3) is 0.352. The van der Waals surface area contributed by atoms with Crippen molar-refractivity contribution in [2.24, 2.45) is 0 Å². The minimum atomic E-state index is -4.13. The number of carbonyl (C=O) groups excluding carboxylic acids is 4. The number of imide groups is 2. The molecule has 0 saturated heterocycles. The average molecular weight is 1350 g/mol. The lowest BCUT2D eigenvalue weighted by atomic mass is 10.1. The zero-order valence-corrected chi connectivity index (χ0v) is 57.0. The topological polar surface area (TPSA) is 228 Å². The van der Waals surface area contributed by atoms with Crippen LogP contribution in [-0.4, -0.2) is 168 Å². The van der Waals surface area contributed by atoms with Crippen LogP contribution in [0.25, 0.3) is 0 Å². The molecule has 0 N–H and O–H groups in total. The van der Waals surface area contributed by atoms with Crippen LogP contribution in [0.4, 0.5) is 0 Å². The van der Waals surface area contributed by atoms with Gasteiger partial charge in [0, 0.05) is 72.0 Å². The summed E-state index contributed by atoms with van der Waals surface area (Å²) in [6.07, 6.45) is 2.21. The standard InChI is InChI=1S/C71H83N7O12S4/c1-55-26-34-60(35-27-55)91(83,84)73(44-12-14-52-77-68(79)64-22-8-9-23-65(64)69(77)80)48-18-50-75(93(87,88)62-38-30-57(3)31-39-62)46-16-42-72(54-59-20-6-5-7-21-59)43-17-47-76(94(89,90)63-40-32-58(4)33-41-63)51-19-49-74(92(85,86)61-36-28-56(2)29-37-61)45-13-15-53-78-70(81)66-24-10-11-25-67(66)71(78)82/h5-11,20-41H,12-19,42-54H2,1-4H3. The Morgan fingerprint density at radius 2 is 0.511 bits per heavy atom. The first-order valence-corrected chi connectivity index (χ1v) is 37.7. The van der Waals surface area contributed by atoms with Crippen molar-refractivity contribution in [3.8, 4) is 0 Å². The van der Waals surface area contributed by atoms with E-state index in [9.17, 15) is 52.8 Å². The molecule has 0 unspecified atom stereocenters. The molecule has 19 nitrogen and oxygen atoms in total. The minimum absolute atomic E-state index is 0.0324. The second-order valence-corrected chi connectivity index (χ2v) is 31.8. The predicted molar refractivity (Wildman–Crippen MR) is 362 cm³/mol. The summed E-state index contributed by atoms with van der Waals surface area (Å²) in [6, 6.07) is 49.1. The highest BCUT2D eigenvalue weighted by atomic mass is 32.2. The summed E-state index contributed by atoms with van der Waals surface area (Å²) in [5.41, 5.74) is 5.77. The van der Waals surface area contributed by atoms with Crippen molar-refractivity contribution in [2.75, 3.05) is 78.5 Å². The van der Waals surface area contributed by atoms with Gasteiger partial charge < -0.3 is 0 Å². The molecule has 0 aromatic heterocycles. The van der Waals surface area contributed by atoms with Gasteiger partial charge in [0.1, 0.15) is 0 Å². The van der Waals surface area contributed by atoms with E-state index >= 15 is 0 Å². The van der Waals surface area contributed by atoms with Crippen LogP contribution in [0.2, 0.25) is 0 Å². The van der Waals surface area contributed by atoms with Crippen molar-refractivity contribution in [3.63, 3.8) is 0 Å². The van der Waals surface area contributed by atoms with Gasteiger partial charge in [0.15, 0.2) is 0 Å². The monoisotopic (exact) mass is 1350 g/mol. The Bertz CT molecular complexity index is 3930. The Morgan fingerprint density at radius 1 is 0.277 bits per heavy atom. The summed E-state index contributed by atoms with van der Waals surface area (Å²) < 4.78 is 122. The van der Waals surface area contributed by atoms with Gasteiger partial charge >= 0.3 is 0 Å². The molecule has 0 spiro atoms. The molecule has 0 radical (unpaired) electrons. The van der Waals surface area contributed by atoms with Crippen LogP contribution in [0.3, 0.4) is 0 Å². The van der Waals surface area contributed by atoms with Crippen molar-refractivity contribution in [2.45, 2.75) is 105 Å². The van der Waals surface area contributed by atoms with Crippen LogP contribution in [-0.2, 0) is 46.6 Å². The Hall–Kier alpha value is -7.58. The maximum atomic E-state index is 14.7. The van der Waals surface area contributed by atoms with Gasteiger partial charge in [0.25, 0.3) is 23.6 Å². The molecule has 2 heterocycles. The average Bonchev–Trinajstić information content (AvgIpc) is 1.50. The first-order valence-electron chi connectivity index (χ1n) is 31.9. The van der Waals surface area contributed by atoms with Gasteiger partial charge in [0.2, 0.25) is 40.1 Å². The highest BCUT2D eigenvalue weighted by molar-refractivity contribution is 7.90. The largest absolute Gasteiger partial charge is 0.299 e. The van der Waals surface area contributed by atoms with Gasteiger partial charge in [0.05, 0.1) is 41.8 Å². The van der Waals surface area contributed by atoms with Crippen LogP contribution in [0.5, 0.6) is 0 Å². The van der Waals surface area contributed by atoms with Crippen LogP contribution >= 0.6 is 0 Å². The molecule has 2 aliphatic rings. The second kappa shape index (κ2) is 31.8. The molecule has 7 aromatic carbocycles. The molecular formula is C71H83N7O12S4. The lowest BCUT2D eigenvalue weighted by Crippen LogP contribution is -2.39. The van der Waals surface area contributed by atoms with Gasteiger partial charge in [-0.05, 0) is 171 Å². The summed E-state index contributed by atoms with van der Waals surface area (Å²) in [7, 11) is -16.4. The molecule has 0 saturated carbocycles. The fourth-order valence-electron chi connectivity index (χ4n) is 11.7. The SMILES string of the molecule is Cc1ccc(S(=O)(=O)N(CCCCN2C(=O)c3ccccc3C2=O)CCCN(CCCN(CCCN(CCCN(CCCCN2C(=O)c3ccccc3C2=O)S(=O)(=O)c2ccc(C)cc2)S(=O)(=O)c2ccc(C)cc2)Cc2ccccc2)S(=O)(=O)c2ccc(C)cc2)cc1. The first-order chi connectivity index (χ1) is 45.0. The lowest BCUT2D eigenvalue weighted by Gasteiger charge is -2.28. The summed E-state index contributed by atoms with van der Waals surface area (Å²) in [5.74, 6) is -1.58. The zero-order valence-electron chi connectivity index (χ0n) is 53.8. The first kappa shape index (κ1) is 70.7. The van der Waals surface area contributed by atoms with E-state index in [1.807, 2.05) is 58.0 Å². The smallest absolute Gasteiger partial charge is 0.261 e.